The largest absolute Gasteiger partial charge is 0.531 e. The molecule has 0 saturated heterocycles. The molecule has 1 heterocycles. The van der Waals surface area contributed by atoms with E-state index in [0.29, 0.717) is 23.5 Å². The summed E-state index contributed by atoms with van der Waals surface area (Å²) in [7, 11) is -4.10. The normalized spacial score (nSPS) is 16.3. The number of halogens is 1. The zero-order chi connectivity index (χ0) is 26.9. The second-order valence-electron chi connectivity index (χ2n) is 10.9. The summed E-state index contributed by atoms with van der Waals surface area (Å²) in [5, 5.41) is 10.5. The molecule has 2 aromatic carbocycles. The predicted molar refractivity (Wildman–Crippen MR) is 141 cm³/mol. The summed E-state index contributed by atoms with van der Waals surface area (Å²) < 4.78 is 31.6. The van der Waals surface area contributed by atoms with Crippen LogP contribution in [0, 0.1) is 0 Å². The number of aliphatic carboxylic acids is 1. The van der Waals surface area contributed by atoms with E-state index >= 15 is 0 Å². The quantitative estimate of drug-likeness (QED) is 0.273. The number of carboxylic acid groups (broad SMARTS) is 1. The van der Waals surface area contributed by atoms with Gasteiger partial charge in [-0.1, -0.05) is 24.3 Å². The lowest BCUT2D eigenvalue weighted by atomic mass is 9.95. The smallest absolute Gasteiger partial charge is 0.481 e. The first kappa shape index (κ1) is 28.5. The maximum Gasteiger partial charge on any atom is 0.531 e. The van der Waals surface area contributed by atoms with Gasteiger partial charge in [-0.15, -0.1) is 11.6 Å². The van der Waals surface area contributed by atoms with Gasteiger partial charge < -0.3 is 14.5 Å². The Balaban J connectivity index is 2.11. The average Bonchev–Trinajstić information content (AvgIpc) is 3.09. The highest BCUT2D eigenvalue weighted by molar-refractivity contribution is 7.49. The summed E-state index contributed by atoms with van der Waals surface area (Å²) in [5.74, 6) is -0.702. The topological polar surface area (TPSA) is 102 Å². The van der Waals surface area contributed by atoms with Crippen LogP contribution in [-0.4, -0.2) is 40.6 Å². The third-order valence-corrected chi connectivity index (χ3v) is 7.71. The molecule has 8 nitrogen and oxygen atoms in total. The summed E-state index contributed by atoms with van der Waals surface area (Å²) in [6.45, 7) is 10.9. The Bertz CT molecular complexity index is 1170. The molecule has 1 amide bonds. The molecular formula is C26H35ClNO7P. The van der Waals surface area contributed by atoms with E-state index in [0.717, 1.165) is 10.9 Å². The summed E-state index contributed by atoms with van der Waals surface area (Å²) in [6, 6.07) is 9.18. The lowest BCUT2D eigenvalue weighted by Crippen LogP contribution is -2.30. The van der Waals surface area contributed by atoms with Crippen LogP contribution < -0.4 is 9.42 Å². The summed E-state index contributed by atoms with van der Waals surface area (Å²) in [4.78, 5) is 25.6. The molecule has 2 aromatic rings. The number of phosphoric ester groups is 1. The van der Waals surface area contributed by atoms with Gasteiger partial charge in [0.2, 0.25) is 5.91 Å². The molecule has 0 radical (unpaired) electrons. The van der Waals surface area contributed by atoms with Crippen molar-refractivity contribution < 1.29 is 32.8 Å². The minimum atomic E-state index is -4.10. The van der Waals surface area contributed by atoms with Crippen LogP contribution in [0.3, 0.4) is 0 Å². The first-order valence-corrected chi connectivity index (χ1v) is 14.0. The summed E-state index contributed by atoms with van der Waals surface area (Å²) in [5.41, 5.74) is -0.123. The van der Waals surface area contributed by atoms with Crippen molar-refractivity contribution in [2.45, 2.75) is 77.9 Å². The number of carbonyl (C=O) groups excluding carboxylic acids is 1. The maximum atomic E-state index is 13.9. The zero-order valence-corrected chi connectivity index (χ0v) is 23.3. The van der Waals surface area contributed by atoms with Crippen molar-refractivity contribution in [1.82, 2.24) is 0 Å². The van der Waals surface area contributed by atoms with Crippen molar-refractivity contribution >= 4 is 47.8 Å². The first-order chi connectivity index (χ1) is 16.6. The molecule has 0 unspecified atom stereocenters. The molecule has 0 fully saturated rings. The molecule has 0 saturated carbocycles. The molecular weight excluding hydrogens is 505 g/mol. The van der Waals surface area contributed by atoms with Gasteiger partial charge in [0.15, 0.2) is 0 Å². The standard InChI is InChI=1S/C26H35ClNO7P/c1-25(2,3)34-36(32,35-26(4,5)6)33-21-14-20-24(19-11-8-7-10-18(19)21)17(15-27)16-28(20)22(29)12-9-13-23(30)31/h7-8,10-11,14,17H,9,12-13,15-16H2,1-6H3,(H,30,31)/t17-/m1/s1. The fourth-order valence-electron chi connectivity index (χ4n) is 4.22. The molecule has 198 valence electrons. The van der Waals surface area contributed by atoms with Gasteiger partial charge in [-0.25, -0.2) is 4.57 Å². The van der Waals surface area contributed by atoms with E-state index in [2.05, 4.69) is 0 Å². The predicted octanol–water partition coefficient (Wildman–Crippen LogP) is 6.88. The van der Waals surface area contributed by atoms with Gasteiger partial charge in [0, 0.05) is 42.6 Å². The average molecular weight is 540 g/mol. The minimum Gasteiger partial charge on any atom is -0.481 e. The van der Waals surface area contributed by atoms with Gasteiger partial charge >= 0.3 is 13.8 Å². The van der Waals surface area contributed by atoms with E-state index in [-0.39, 0.29) is 36.8 Å². The molecule has 1 aliphatic rings. The van der Waals surface area contributed by atoms with Gasteiger partial charge in [0.25, 0.3) is 0 Å². The number of fused-ring (bicyclic) bond motifs is 3. The third-order valence-electron chi connectivity index (χ3n) is 5.38. The zero-order valence-electron chi connectivity index (χ0n) is 21.7. The summed E-state index contributed by atoms with van der Waals surface area (Å²) in [6.07, 6.45) is 0.230. The Labute approximate surface area is 217 Å². The third kappa shape index (κ3) is 7.00. The number of carbonyl (C=O) groups is 2. The van der Waals surface area contributed by atoms with Gasteiger partial charge in [0.05, 0.1) is 16.9 Å². The maximum absolute atomic E-state index is 13.9. The van der Waals surface area contributed by atoms with Gasteiger partial charge in [0.1, 0.15) is 5.75 Å². The van der Waals surface area contributed by atoms with Crippen molar-refractivity contribution in [3.05, 3.63) is 35.9 Å². The molecule has 10 heteroatoms. The number of rotatable bonds is 9. The number of alkyl halides is 1. The van der Waals surface area contributed by atoms with E-state index in [4.69, 9.17) is 30.3 Å². The van der Waals surface area contributed by atoms with Crippen molar-refractivity contribution in [2.75, 3.05) is 17.3 Å². The Morgan fingerprint density at radius 1 is 1.06 bits per heavy atom. The van der Waals surface area contributed by atoms with Gasteiger partial charge in [-0.05, 0) is 58.9 Å². The Morgan fingerprint density at radius 2 is 1.64 bits per heavy atom. The van der Waals surface area contributed by atoms with Crippen molar-refractivity contribution in [3.63, 3.8) is 0 Å². The first-order valence-electron chi connectivity index (χ1n) is 12.0. The van der Waals surface area contributed by atoms with E-state index < -0.39 is 25.0 Å². The van der Waals surface area contributed by atoms with E-state index in [1.54, 1.807) is 52.5 Å². The van der Waals surface area contributed by atoms with E-state index in [1.165, 1.54) is 0 Å². The summed E-state index contributed by atoms with van der Waals surface area (Å²) >= 11 is 6.31. The van der Waals surface area contributed by atoms with Crippen LogP contribution in [-0.2, 0) is 23.2 Å². The fraction of sp³-hybridized carbons (Fsp3) is 0.538. The number of nitrogens with zero attached hydrogens (tertiary/aromatic N) is 1. The molecule has 36 heavy (non-hydrogen) atoms. The number of hydrogen-bond acceptors (Lipinski definition) is 6. The SMILES string of the molecule is CC(C)(C)OP(=O)(Oc1cc2c(c3ccccc13)[C@H](CCl)CN2C(=O)CCCC(=O)O)OC(C)(C)C. The molecule has 1 atom stereocenters. The van der Waals surface area contributed by atoms with E-state index in [1.807, 2.05) is 24.3 Å². The van der Waals surface area contributed by atoms with Crippen molar-refractivity contribution in [2.24, 2.45) is 0 Å². The van der Waals surface area contributed by atoms with Crippen LogP contribution in [0.25, 0.3) is 10.8 Å². The second-order valence-corrected chi connectivity index (χ2v) is 12.7. The van der Waals surface area contributed by atoms with Crippen LogP contribution >= 0.6 is 19.4 Å². The lowest BCUT2D eigenvalue weighted by Gasteiger charge is -2.31. The number of phosphoric acid groups is 1. The van der Waals surface area contributed by atoms with Crippen molar-refractivity contribution in [1.29, 1.82) is 0 Å². The van der Waals surface area contributed by atoms with Crippen LogP contribution in [0.4, 0.5) is 5.69 Å². The molecule has 0 aliphatic carbocycles. The molecule has 1 aliphatic heterocycles. The molecule has 1 N–H and O–H groups in total. The molecule has 0 spiro atoms. The fourth-order valence-corrected chi connectivity index (χ4v) is 6.32. The van der Waals surface area contributed by atoms with Gasteiger partial charge in [-0.3, -0.25) is 18.6 Å². The van der Waals surface area contributed by atoms with Crippen LogP contribution in [0.1, 0.15) is 72.3 Å². The number of carboxylic acids is 1. The van der Waals surface area contributed by atoms with Crippen LogP contribution in [0.15, 0.2) is 30.3 Å². The Hall–Kier alpha value is -2.12. The molecule has 0 aromatic heterocycles. The number of hydrogen-bond donors (Lipinski definition) is 1. The number of benzene rings is 2. The highest BCUT2D eigenvalue weighted by atomic mass is 35.5. The molecule has 3 rings (SSSR count). The van der Waals surface area contributed by atoms with E-state index in [9.17, 15) is 14.2 Å². The highest BCUT2D eigenvalue weighted by Gasteiger charge is 2.40. The van der Waals surface area contributed by atoms with Crippen molar-refractivity contribution in [3.8, 4) is 5.75 Å². The van der Waals surface area contributed by atoms with Crippen LogP contribution in [0.5, 0.6) is 5.75 Å². The number of amides is 1. The Morgan fingerprint density at radius 3 is 2.17 bits per heavy atom. The minimum absolute atomic E-state index is 0.0858. The second kappa shape index (κ2) is 10.7. The molecule has 0 bridgehead atoms. The van der Waals surface area contributed by atoms with Gasteiger partial charge in [-0.2, -0.15) is 0 Å². The Kier molecular flexibility index (Phi) is 8.46. The van der Waals surface area contributed by atoms with Crippen LogP contribution in [0.2, 0.25) is 0 Å². The number of anilines is 1. The lowest BCUT2D eigenvalue weighted by molar-refractivity contribution is -0.137. The highest BCUT2D eigenvalue weighted by Crippen LogP contribution is 2.57. The monoisotopic (exact) mass is 539 g/mol.